The van der Waals surface area contributed by atoms with Crippen molar-refractivity contribution in [2.24, 2.45) is 0 Å². The van der Waals surface area contributed by atoms with Crippen LogP contribution in [0.15, 0.2) is 95.8 Å². The van der Waals surface area contributed by atoms with E-state index in [1.807, 2.05) is 54.6 Å². The van der Waals surface area contributed by atoms with Gasteiger partial charge in [-0.3, -0.25) is 9.36 Å². The summed E-state index contributed by atoms with van der Waals surface area (Å²) < 4.78 is 7.91. The average Bonchev–Trinajstić information content (AvgIpc) is 3.35. The summed E-state index contributed by atoms with van der Waals surface area (Å²) in [5.41, 5.74) is 10.0. The van der Waals surface area contributed by atoms with Crippen molar-refractivity contribution in [1.29, 1.82) is 0 Å². The Hall–Kier alpha value is -3.96. The summed E-state index contributed by atoms with van der Waals surface area (Å²) in [5.74, 6) is 0.223. The first kappa shape index (κ1) is 20.6. The molecule has 0 aliphatic carbocycles. The maximum absolute atomic E-state index is 13.3. The number of ether oxygens (including phenoxy) is 1. The minimum absolute atomic E-state index is 0.0216. The quantitative estimate of drug-likeness (QED) is 0.383. The minimum Gasteiger partial charge on any atom is -0.369 e. The molecule has 1 aromatic heterocycles. The van der Waals surface area contributed by atoms with Gasteiger partial charge in [-0.2, -0.15) is 0 Å². The number of fused-ring (bicyclic) bond motifs is 2. The van der Waals surface area contributed by atoms with Gasteiger partial charge in [0.2, 0.25) is 5.95 Å². The zero-order chi connectivity index (χ0) is 23.1. The van der Waals surface area contributed by atoms with Crippen molar-refractivity contribution in [1.82, 2.24) is 9.55 Å². The monoisotopic (exact) mass is 447 g/mol. The second-order valence-electron chi connectivity index (χ2n) is 8.91. The largest absolute Gasteiger partial charge is 0.369 e. The fourth-order valence-electron chi connectivity index (χ4n) is 4.92. The van der Waals surface area contributed by atoms with Gasteiger partial charge in [0.1, 0.15) is 0 Å². The number of benzene rings is 4. The number of nitrogens with zero attached hydrogens (tertiary/aromatic N) is 2. The number of hydrogen-bond acceptors (Lipinski definition) is 4. The van der Waals surface area contributed by atoms with Crippen LogP contribution in [-0.4, -0.2) is 15.7 Å². The lowest BCUT2D eigenvalue weighted by Crippen LogP contribution is -2.29. The molecule has 2 N–H and O–H groups in total. The van der Waals surface area contributed by atoms with Crippen LogP contribution in [0.1, 0.15) is 24.5 Å². The smallest absolute Gasteiger partial charge is 0.262 e. The molecule has 0 saturated carbocycles. The van der Waals surface area contributed by atoms with E-state index in [-0.39, 0.29) is 23.7 Å². The van der Waals surface area contributed by atoms with Gasteiger partial charge in [0, 0.05) is 0 Å². The third-order valence-corrected chi connectivity index (χ3v) is 6.73. The van der Waals surface area contributed by atoms with Gasteiger partial charge in [-0.1, -0.05) is 72.8 Å². The van der Waals surface area contributed by atoms with Crippen LogP contribution in [0.3, 0.4) is 0 Å². The Morgan fingerprint density at radius 2 is 1.65 bits per heavy atom. The first-order valence-corrected chi connectivity index (χ1v) is 11.7. The lowest BCUT2D eigenvalue weighted by atomic mass is 10.0. The van der Waals surface area contributed by atoms with Gasteiger partial charge in [0.25, 0.3) is 5.56 Å². The molecule has 5 nitrogen and oxygen atoms in total. The summed E-state index contributed by atoms with van der Waals surface area (Å²) >= 11 is 0. The normalized spacial score (nSPS) is 18.0. The third kappa shape index (κ3) is 3.74. The molecule has 1 saturated heterocycles. The van der Waals surface area contributed by atoms with Crippen LogP contribution in [0.25, 0.3) is 32.8 Å². The van der Waals surface area contributed by atoms with Crippen LogP contribution >= 0.6 is 0 Å². The van der Waals surface area contributed by atoms with E-state index in [0.717, 1.165) is 24.0 Å². The Labute approximate surface area is 197 Å². The van der Waals surface area contributed by atoms with E-state index >= 15 is 0 Å². The summed E-state index contributed by atoms with van der Waals surface area (Å²) in [6.45, 7) is 0.401. The molecule has 0 bridgehead atoms. The Balaban J connectivity index is 1.25. The van der Waals surface area contributed by atoms with Gasteiger partial charge in [0.15, 0.2) is 0 Å². The van der Waals surface area contributed by atoms with Crippen LogP contribution in [0.5, 0.6) is 0 Å². The van der Waals surface area contributed by atoms with E-state index in [1.54, 1.807) is 4.57 Å². The van der Waals surface area contributed by atoms with Crippen LogP contribution in [-0.2, 0) is 11.3 Å². The Kier molecular flexibility index (Phi) is 5.12. The molecule has 1 aliphatic rings. The fourth-order valence-corrected chi connectivity index (χ4v) is 4.92. The molecule has 4 aromatic carbocycles. The van der Waals surface area contributed by atoms with Crippen LogP contribution < -0.4 is 11.3 Å². The van der Waals surface area contributed by atoms with Crippen LogP contribution in [0.4, 0.5) is 5.95 Å². The zero-order valence-electron chi connectivity index (χ0n) is 18.7. The predicted octanol–water partition coefficient (Wildman–Crippen LogP) is 5.72. The highest BCUT2D eigenvalue weighted by Crippen LogP contribution is 2.35. The van der Waals surface area contributed by atoms with E-state index in [2.05, 4.69) is 41.4 Å². The molecule has 1 aliphatic heterocycles. The van der Waals surface area contributed by atoms with Crippen LogP contribution in [0.2, 0.25) is 0 Å². The van der Waals surface area contributed by atoms with Crippen molar-refractivity contribution in [3.63, 3.8) is 0 Å². The maximum Gasteiger partial charge on any atom is 0.262 e. The van der Waals surface area contributed by atoms with E-state index in [9.17, 15) is 4.79 Å². The molecule has 1 unspecified atom stereocenters. The highest BCUT2D eigenvalue weighted by Gasteiger charge is 2.28. The van der Waals surface area contributed by atoms with Gasteiger partial charge in [0.05, 0.1) is 29.7 Å². The number of hydrogen-bond donors (Lipinski definition) is 1. The number of nitrogen functional groups attached to an aromatic ring is 1. The van der Waals surface area contributed by atoms with Gasteiger partial charge < -0.3 is 10.5 Å². The van der Waals surface area contributed by atoms with E-state index in [0.29, 0.717) is 17.4 Å². The van der Waals surface area contributed by atoms with Crippen molar-refractivity contribution in [2.75, 3.05) is 5.73 Å². The predicted molar refractivity (Wildman–Crippen MR) is 137 cm³/mol. The van der Waals surface area contributed by atoms with E-state index in [1.165, 1.54) is 16.3 Å². The summed E-state index contributed by atoms with van der Waals surface area (Å²) in [4.78, 5) is 17.8. The molecule has 6 rings (SSSR count). The minimum atomic E-state index is -0.125. The molecule has 5 heteroatoms. The maximum atomic E-state index is 13.3. The summed E-state index contributed by atoms with van der Waals surface area (Å²) in [6.07, 6.45) is 1.72. The Morgan fingerprint density at radius 3 is 2.50 bits per heavy atom. The average molecular weight is 448 g/mol. The summed E-state index contributed by atoms with van der Waals surface area (Å²) in [5, 5.41) is 3.00. The number of nitrogens with two attached hydrogens (primary N) is 1. The number of aromatic nitrogens is 2. The van der Waals surface area contributed by atoms with Gasteiger partial charge in [-0.15, -0.1) is 0 Å². The lowest BCUT2D eigenvalue weighted by Gasteiger charge is -2.17. The lowest BCUT2D eigenvalue weighted by molar-refractivity contribution is 0.0349. The van der Waals surface area contributed by atoms with Crippen molar-refractivity contribution in [2.45, 2.75) is 31.6 Å². The molecule has 34 heavy (non-hydrogen) atoms. The van der Waals surface area contributed by atoms with Gasteiger partial charge >= 0.3 is 0 Å². The summed E-state index contributed by atoms with van der Waals surface area (Å²) in [7, 11) is 0. The topological polar surface area (TPSA) is 70.1 Å². The first-order valence-electron chi connectivity index (χ1n) is 11.7. The second-order valence-corrected chi connectivity index (χ2v) is 8.91. The molecule has 1 fully saturated rings. The fraction of sp³-hybridized carbons (Fsp3) is 0.172. The standard InChI is InChI=1S/C29H25N3O2/c30-29-31-26-17-22(19-6-2-1-3-7-19)12-14-25(26)28(33)32(29)18-24-13-15-27(34-24)23-11-10-20-8-4-5-9-21(20)16-23/h1-12,14,16-17,24,27H,13,15,18H2,(H2,30,31)/t24-,27?/m0/s1. The number of anilines is 1. The van der Waals surface area contributed by atoms with Crippen molar-refractivity contribution in [3.05, 3.63) is 107 Å². The first-order chi connectivity index (χ1) is 16.7. The zero-order valence-corrected chi connectivity index (χ0v) is 18.7. The van der Waals surface area contributed by atoms with Crippen molar-refractivity contribution in [3.8, 4) is 11.1 Å². The van der Waals surface area contributed by atoms with Crippen molar-refractivity contribution < 1.29 is 4.74 Å². The molecule has 0 amide bonds. The SMILES string of the molecule is Nc1nc2cc(-c3ccccc3)ccc2c(=O)n1C[C@@H]1CCC(c2ccc3ccccc3c2)O1. The highest BCUT2D eigenvalue weighted by atomic mass is 16.5. The molecule has 0 spiro atoms. The third-order valence-electron chi connectivity index (χ3n) is 6.73. The van der Waals surface area contributed by atoms with E-state index < -0.39 is 0 Å². The van der Waals surface area contributed by atoms with E-state index in [4.69, 9.17) is 10.5 Å². The molecule has 2 heterocycles. The summed E-state index contributed by atoms with van der Waals surface area (Å²) in [6, 6.07) is 30.6. The molecular weight excluding hydrogens is 422 g/mol. The highest BCUT2D eigenvalue weighted by molar-refractivity contribution is 5.84. The van der Waals surface area contributed by atoms with Crippen LogP contribution in [0, 0.1) is 0 Å². The number of rotatable bonds is 4. The van der Waals surface area contributed by atoms with Crippen molar-refractivity contribution >= 4 is 27.6 Å². The molecule has 2 atom stereocenters. The molecular formula is C29H25N3O2. The molecule has 5 aromatic rings. The Bertz CT molecular complexity index is 1560. The molecule has 0 radical (unpaired) electrons. The second kappa shape index (κ2) is 8.43. The Morgan fingerprint density at radius 1 is 0.853 bits per heavy atom. The molecule has 168 valence electrons. The van der Waals surface area contributed by atoms with Gasteiger partial charge in [-0.25, -0.2) is 4.98 Å². The van der Waals surface area contributed by atoms with Gasteiger partial charge in [-0.05, 0) is 58.5 Å².